The number of benzene rings is 1. The normalized spacial score (nSPS) is 23.6. The number of rotatable bonds is 2. The van der Waals surface area contributed by atoms with E-state index in [1.165, 1.54) is 6.07 Å². The van der Waals surface area contributed by atoms with Crippen LogP contribution in [0.5, 0.6) is 0 Å². The van der Waals surface area contributed by atoms with Crippen LogP contribution in [-0.2, 0) is 10.3 Å². The van der Waals surface area contributed by atoms with Crippen molar-refractivity contribution in [3.8, 4) is 0 Å². The standard InChI is InChI=1S/C15H20F2N2O2/c1-9-7-10(14(18)8-15(14,16)17)5-6-11(9)19-12(20)21-13(2,3)4/h5-7H,8,18H2,1-4H3,(H,19,20). The van der Waals surface area contributed by atoms with Crippen LogP contribution in [0.4, 0.5) is 19.3 Å². The number of alkyl halides is 2. The van der Waals surface area contributed by atoms with Crippen molar-refractivity contribution in [3.63, 3.8) is 0 Å². The van der Waals surface area contributed by atoms with Crippen molar-refractivity contribution in [2.45, 2.75) is 51.2 Å². The number of amides is 1. The Morgan fingerprint density at radius 2 is 1.95 bits per heavy atom. The van der Waals surface area contributed by atoms with Gasteiger partial charge in [0, 0.05) is 12.1 Å². The lowest BCUT2D eigenvalue weighted by Crippen LogP contribution is -2.28. The van der Waals surface area contributed by atoms with E-state index in [1.807, 2.05) is 0 Å². The fourth-order valence-corrected chi connectivity index (χ4v) is 2.11. The van der Waals surface area contributed by atoms with E-state index in [1.54, 1.807) is 39.8 Å². The molecule has 116 valence electrons. The molecule has 1 aliphatic rings. The van der Waals surface area contributed by atoms with E-state index in [9.17, 15) is 13.6 Å². The van der Waals surface area contributed by atoms with Crippen LogP contribution in [-0.4, -0.2) is 17.6 Å². The van der Waals surface area contributed by atoms with Gasteiger partial charge in [0.1, 0.15) is 11.1 Å². The van der Waals surface area contributed by atoms with Gasteiger partial charge in [-0.15, -0.1) is 0 Å². The monoisotopic (exact) mass is 298 g/mol. The number of carbonyl (C=O) groups is 1. The zero-order valence-electron chi connectivity index (χ0n) is 12.6. The lowest BCUT2D eigenvalue weighted by molar-refractivity contribution is 0.0635. The Morgan fingerprint density at radius 3 is 2.38 bits per heavy atom. The Morgan fingerprint density at radius 1 is 1.38 bits per heavy atom. The van der Waals surface area contributed by atoms with E-state index in [4.69, 9.17) is 10.5 Å². The number of aryl methyl sites for hydroxylation is 1. The molecular formula is C15H20F2N2O2. The minimum Gasteiger partial charge on any atom is -0.444 e. The minimum absolute atomic E-state index is 0.349. The number of nitrogens with one attached hydrogen (secondary N) is 1. The summed E-state index contributed by atoms with van der Waals surface area (Å²) in [6.45, 7) is 7.00. The molecular weight excluding hydrogens is 278 g/mol. The summed E-state index contributed by atoms with van der Waals surface area (Å²) in [5, 5.41) is 2.60. The lowest BCUT2D eigenvalue weighted by Gasteiger charge is -2.20. The molecule has 0 radical (unpaired) electrons. The first-order valence-corrected chi connectivity index (χ1v) is 6.72. The van der Waals surface area contributed by atoms with E-state index >= 15 is 0 Å². The molecule has 1 fully saturated rings. The topological polar surface area (TPSA) is 64.3 Å². The van der Waals surface area contributed by atoms with E-state index in [0.717, 1.165) is 0 Å². The van der Waals surface area contributed by atoms with Gasteiger partial charge in [0.05, 0.1) is 0 Å². The van der Waals surface area contributed by atoms with Crippen molar-refractivity contribution in [1.29, 1.82) is 0 Å². The second kappa shape index (κ2) is 4.66. The molecule has 0 heterocycles. The zero-order valence-corrected chi connectivity index (χ0v) is 12.6. The minimum atomic E-state index is -2.86. The molecule has 0 aliphatic heterocycles. The first-order chi connectivity index (χ1) is 9.45. The highest BCUT2D eigenvalue weighted by atomic mass is 19.3. The van der Waals surface area contributed by atoms with Crippen molar-refractivity contribution in [2.24, 2.45) is 5.73 Å². The highest BCUT2D eigenvalue weighted by molar-refractivity contribution is 5.86. The molecule has 2 rings (SSSR count). The molecule has 1 atom stereocenters. The van der Waals surface area contributed by atoms with Gasteiger partial charge < -0.3 is 10.5 Å². The van der Waals surface area contributed by atoms with Crippen molar-refractivity contribution < 1.29 is 18.3 Å². The van der Waals surface area contributed by atoms with Gasteiger partial charge in [0.2, 0.25) is 0 Å². The van der Waals surface area contributed by atoms with Gasteiger partial charge in [-0.3, -0.25) is 5.32 Å². The number of hydrogen-bond donors (Lipinski definition) is 2. The van der Waals surface area contributed by atoms with Crippen molar-refractivity contribution in [2.75, 3.05) is 5.32 Å². The Kier molecular flexibility index (Phi) is 3.48. The molecule has 1 aliphatic carbocycles. The van der Waals surface area contributed by atoms with E-state index in [0.29, 0.717) is 16.8 Å². The number of nitrogens with two attached hydrogens (primary N) is 1. The summed E-state index contributed by atoms with van der Waals surface area (Å²) < 4.78 is 31.7. The fourth-order valence-electron chi connectivity index (χ4n) is 2.11. The first-order valence-electron chi connectivity index (χ1n) is 6.72. The van der Waals surface area contributed by atoms with Crippen LogP contribution in [0.3, 0.4) is 0 Å². The number of carbonyl (C=O) groups excluding carboxylic acids is 1. The Bertz CT molecular complexity index is 582. The number of hydrogen-bond acceptors (Lipinski definition) is 3. The fraction of sp³-hybridized carbons (Fsp3) is 0.533. The van der Waals surface area contributed by atoms with Crippen LogP contribution in [0.25, 0.3) is 0 Å². The summed E-state index contributed by atoms with van der Waals surface area (Å²) in [4.78, 5) is 11.7. The third-order valence-electron chi connectivity index (χ3n) is 3.41. The second-order valence-corrected chi connectivity index (χ2v) is 6.51. The average Bonchev–Trinajstić information content (AvgIpc) is 2.79. The smallest absolute Gasteiger partial charge is 0.412 e. The summed E-state index contributed by atoms with van der Waals surface area (Å²) in [5.41, 5.74) is 5.05. The van der Waals surface area contributed by atoms with Gasteiger partial charge in [-0.25, -0.2) is 13.6 Å². The predicted octanol–water partition coefficient (Wildman–Crippen LogP) is 3.54. The van der Waals surface area contributed by atoms with Gasteiger partial charge in [0.15, 0.2) is 0 Å². The van der Waals surface area contributed by atoms with E-state index < -0.39 is 23.2 Å². The molecule has 4 nitrogen and oxygen atoms in total. The summed E-state index contributed by atoms with van der Waals surface area (Å²) >= 11 is 0. The van der Waals surface area contributed by atoms with Crippen molar-refractivity contribution >= 4 is 11.8 Å². The van der Waals surface area contributed by atoms with Gasteiger partial charge in [-0.05, 0) is 44.9 Å². The van der Waals surface area contributed by atoms with Crippen LogP contribution in [0.2, 0.25) is 0 Å². The van der Waals surface area contributed by atoms with Crippen molar-refractivity contribution in [3.05, 3.63) is 29.3 Å². The van der Waals surface area contributed by atoms with Crippen LogP contribution >= 0.6 is 0 Å². The number of anilines is 1. The molecule has 0 spiro atoms. The molecule has 1 saturated carbocycles. The summed E-state index contributed by atoms with van der Waals surface area (Å²) in [5.74, 6) is -2.86. The molecule has 1 unspecified atom stereocenters. The van der Waals surface area contributed by atoms with Crippen molar-refractivity contribution in [1.82, 2.24) is 0 Å². The van der Waals surface area contributed by atoms with Gasteiger partial charge in [-0.2, -0.15) is 0 Å². The van der Waals surface area contributed by atoms with E-state index in [-0.39, 0.29) is 6.42 Å². The second-order valence-electron chi connectivity index (χ2n) is 6.51. The highest BCUT2D eigenvalue weighted by Gasteiger charge is 2.69. The van der Waals surface area contributed by atoms with Gasteiger partial charge in [0.25, 0.3) is 5.92 Å². The summed E-state index contributed by atoms with van der Waals surface area (Å²) in [6, 6.07) is 4.66. The van der Waals surface area contributed by atoms with Gasteiger partial charge in [-0.1, -0.05) is 12.1 Å². The maximum Gasteiger partial charge on any atom is 0.412 e. The maximum absolute atomic E-state index is 13.3. The highest BCUT2D eigenvalue weighted by Crippen LogP contribution is 2.57. The molecule has 3 N–H and O–H groups in total. The van der Waals surface area contributed by atoms with Crippen LogP contribution < -0.4 is 11.1 Å². The quantitative estimate of drug-likeness (QED) is 0.877. The Hall–Kier alpha value is -1.69. The van der Waals surface area contributed by atoms with Gasteiger partial charge >= 0.3 is 6.09 Å². The third-order valence-corrected chi connectivity index (χ3v) is 3.41. The third kappa shape index (κ3) is 3.15. The number of ether oxygens (including phenoxy) is 1. The molecule has 21 heavy (non-hydrogen) atoms. The molecule has 1 amide bonds. The maximum atomic E-state index is 13.3. The summed E-state index contributed by atoms with van der Waals surface area (Å²) in [6.07, 6.45) is -0.935. The predicted molar refractivity (Wildman–Crippen MR) is 76.5 cm³/mol. The van der Waals surface area contributed by atoms with Crippen LogP contribution in [0.1, 0.15) is 38.3 Å². The van der Waals surface area contributed by atoms with E-state index in [2.05, 4.69) is 5.32 Å². The SMILES string of the molecule is Cc1cc(C2(N)CC2(F)F)ccc1NC(=O)OC(C)(C)C. The first kappa shape index (κ1) is 15.7. The van der Waals surface area contributed by atoms with Crippen LogP contribution in [0, 0.1) is 6.92 Å². The molecule has 0 aromatic heterocycles. The Balaban J connectivity index is 2.12. The largest absolute Gasteiger partial charge is 0.444 e. The molecule has 0 saturated heterocycles. The summed E-state index contributed by atoms with van der Waals surface area (Å²) in [7, 11) is 0. The van der Waals surface area contributed by atoms with Crippen LogP contribution in [0.15, 0.2) is 18.2 Å². The lowest BCUT2D eigenvalue weighted by atomic mass is 10.0. The Labute approximate surface area is 122 Å². The molecule has 1 aromatic rings. The average molecular weight is 298 g/mol. The zero-order chi connectivity index (χ0) is 16.1. The number of halogens is 2. The molecule has 6 heteroatoms. The molecule has 1 aromatic carbocycles. The molecule has 0 bridgehead atoms.